The van der Waals surface area contributed by atoms with E-state index in [0.29, 0.717) is 18.4 Å². The van der Waals surface area contributed by atoms with Gasteiger partial charge in [-0.2, -0.15) is 0 Å². The van der Waals surface area contributed by atoms with Gasteiger partial charge in [0.1, 0.15) is 5.92 Å². The lowest BCUT2D eigenvalue weighted by Crippen LogP contribution is -2.52. The summed E-state index contributed by atoms with van der Waals surface area (Å²) in [6.07, 6.45) is 0.799. The monoisotopic (exact) mass is 500 g/mol. The molecule has 1 heterocycles. The summed E-state index contributed by atoms with van der Waals surface area (Å²) >= 11 is 0. The van der Waals surface area contributed by atoms with Crippen LogP contribution >= 0.6 is 0 Å². The van der Waals surface area contributed by atoms with Gasteiger partial charge in [0.2, 0.25) is 0 Å². The first-order valence-corrected chi connectivity index (χ1v) is 11.9. The van der Waals surface area contributed by atoms with Gasteiger partial charge in [-0.1, -0.05) is 66.7 Å². The standard InChI is InChI=1S/C29H28N2O6/c1-36-28(34)24-23(19-18-20-12-6-3-7-13-20)30(26(32)21-14-8-4-9-15-21)31(25(24)29(35)37-2)27(33)22-16-10-5-11-17-22/h3-17,23-25H,18-19H2,1-2H3/t23-,24-,25-/m0/s1. The van der Waals surface area contributed by atoms with Crippen molar-refractivity contribution in [3.05, 3.63) is 108 Å². The van der Waals surface area contributed by atoms with E-state index in [2.05, 4.69) is 0 Å². The molecule has 0 aromatic heterocycles. The van der Waals surface area contributed by atoms with E-state index in [9.17, 15) is 19.2 Å². The van der Waals surface area contributed by atoms with E-state index in [1.54, 1.807) is 60.7 Å². The van der Waals surface area contributed by atoms with E-state index in [1.165, 1.54) is 19.2 Å². The Hall–Kier alpha value is -4.46. The molecule has 0 bridgehead atoms. The average Bonchev–Trinajstić information content (AvgIpc) is 3.30. The van der Waals surface area contributed by atoms with E-state index in [4.69, 9.17) is 9.47 Å². The molecular weight excluding hydrogens is 472 g/mol. The molecule has 4 rings (SSSR count). The van der Waals surface area contributed by atoms with Crippen LogP contribution in [0.5, 0.6) is 0 Å². The third kappa shape index (κ3) is 5.23. The van der Waals surface area contributed by atoms with Gasteiger partial charge >= 0.3 is 11.9 Å². The lowest BCUT2D eigenvalue weighted by Gasteiger charge is -2.34. The van der Waals surface area contributed by atoms with Crippen molar-refractivity contribution in [3.63, 3.8) is 0 Å². The van der Waals surface area contributed by atoms with Gasteiger partial charge in [-0.05, 0) is 42.7 Å². The van der Waals surface area contributed by atoms with E-state index in [-0.39, 0.29) is 5.56 Å². The predicted molar refractivity (Wildman–Crippen MR) is 135 cm³/mol. The van der Waals surface area contributed by atoms with E-state index in [0.717, 1.165) is 10.6 Å². The van der Waals surface area contributed by atoms with Crippen molar-refractivity contribution >= 4 is 23.8 Å². The highest BCUT2D eigenvalue weighted by atomic mass is 16.5. The van der Waals surface area contributed by atoms with Crippen molar-refractivity contribution in [1.82, 2.24) is 10.0 Å². The zero-order valence-corrected chi connectivity index (χ0v) is 20.7. The predicted octanol–water partition coefficient (Wildman–Crippen LogP) is 3.53. The van der Waals surface area contributed by atoms with Crippen molar-refractivity contribution < 1.29 is 28.7 Å². The second kappa shape index (κ2) is 11.5. The Morgan fingerprint density at radius 1 is 0.649 bits per heavy atom. The quantitative estimate of drug-likeness (QED) is 0.461. The van der Waals surface area contributed by atoms with Gasteiger partial charge in [0.25, 0.3) is 11.8 Å². The fourth-order valence-corrected chi connectivity index (χ4v) is 4.76. The summed E-state index contributed by atoms with van der Waals surface area (Å²) in [4.78, 5) is 54.2. The molecule has 0 unspecified atom stereocenters. The Morgan fingerprint density at radius 3 is 1.59 bits per heavy atom. The van der Waals surface area contributed by atoms with Crippen LogP contribution < -0.4 is 0 Å². The number of hydrogen-bond donors (Lipinski definition) is 0. The fraction of sp³-hybridized carbons (Fsp3) is 0.241. The van der Waals surface area contributed by atoms with E-state index >= 15 is 0 Å². The van der Waals surface area contributed by atoms with E-state index in [1.807, 2.05) is 30.3 Å². The molecule has 0 radical (unpaired) electrons. The largest absolute Gasteiger partial charge is 0.469 e. The highest BCUT2D eigenvalue weighted by molar-refractivity contribution is 6.03. The Morgan fingerprint density at radius 2 is 1.11 bits per heavy atom. The second-order valence-corrected chi connectivity index (χ2v) is 8.64. The third-order valence-electron chi connectivity index (χ3n) is 6.51. The Kier molecular flexibility index (Phi) is 7.98. The number of carbonyl (C=O) groups excluding carboxylic acids is 4. The summed E-state index contributed by atoms with van der Waals surface area (Å²) in [5.41, 5.74) is 1.56. The molecule has 1 aliphatic rings. The average molecular weight is 501 g/mol. The van der Waals surface area contributed by atoms with Crippen molar-refractivity contribution in [1.29, 1.82) is 0 Å². The number of esters is 2. The molecule has 3 aromatic rings. The lowest BCUT2D eigenvalue weighted by atomic mass is 9.89. The van der Waals surface area contributed by atoms with Crippen LogP contribution in [0.2, 0.25) is 0 Å². The van der Waals surface area contributed by atoms with Crippen LogP contribution in [0.3, 0.4) is 0 Å². The summed E-state index contributed by atoms with van der Waals surface area (Å²) < 4.78 is 10.1. The number of amides is 2. The van der Waals surface area contributed by atoms with Crippen LogP contribution in [0.4, 0.5) is 0 Å². The number of nitrogens with zero attached hydrogens (tertiary/aromatic N) is 2. The van der Waals surface area contributed by atoms with Crippen LogP contribution in [0.25, 0.3) is 0 Å². The molecule has 1 fully saturated rings. The highest BCUT2D eigenvalue weighted by Crippen LogP contribution is 2.37. The minimum Gasteiger partial charge on any atom is -0.469 e. The molecule has 8 heteroatoms. The molecule has 8 nitrogen and oxygen atoms in total. The van der Waals surface area contributed by atoms with Crippen molar-refractivity contribution in [2.24, 2.45) is 5.92 Å². The SMILES string of the molecule is COC(=O)[C@@H]1[C@@H](C(=O)OC)N(C(=O)c2ccccc2)N(C(=O)c2ccccc2)[C@H]1CCc1ccccc1. The maximum atomic E-state index is 14.0. The number of hydrazine groups is 1. The van der Waals surface area contributed by atoms with Crippen molar-refractivity contribution in [3.8, 4) is 0 Å². The molecule has 0 spiro atoms. The summed E-state index contributed by atoms with van der Waals surface area (Å²) in [7, 11) is 2.40. The number of aryl methyl sites for hydroxylation is 1. The zero-order valence-electron chi connectivity index (χ0n) is 20.7. The van der Waals surface area contributed by atoms with Crippen LogP contribution in [0.15, 0.2) is 91.0 Å². The van der Waals surface area contributed by atoms with Gasteiger partial charge in [-0.3, -0.25) is 14.4 Å². The Labute approximate surface area is 215 Å². The van der Waals surface area contributed by atoms with Crippen LogP contribution in [-0.4, -0.2) is 60.1 Å². The van der Waals surface area contributed by atoms with Crippen molar-refractivity contribution in [2.75, 3.05) is 14.2 Å². The van der Waals surface area contributed by atoms with Gasteiger partial charge in [0.15, 0.2) is 6.04 Å². The van der Waals surface area contributed by atoms with Crippen LogP contribution in [0, 0.1) is 5.92 Å². The molecule has 190 valence electrons. The summed E-state index contributed by atoms with van der Waals surface area (Å²) in [6, 6.07) is 24.1. The number of hydrogen-bond acceptors (Lipinski definition) is 6. The minimum absolute atomic E-state index is 0.259. The second-order valence-electron chi connectivity index (χ2n) is 8.64. The molecule has 1 saturated heterocycles. The molecule has 37 heavy (non-hydrogen) atoms. The molecular formula is C29H28N2O6. The Bertz CT molecular complexity index is 1250. The van der Waals surface area contributed by atoms with Gasteiger partial charge in [0, 0.05) is 11.1 Å². The normalized spacial score (nSPS) is 18.8. The Balaban J connectivity index is 1.86. The maximum Gasteiger partial charge on any atom is 0.331 e. The molecule has 3 atom stereocenters. The van der Waals surface area contributed by atoms with Gasteiger partial charge in [-0.25, -0.2) is 14.8 Å². The smallest absolute Gasteiger partial charge is 0.331 e. The van der Waals surface area contributed by atoms with Crippen LogP contribution in [-0.2, 0) is 25.5 Å². The molecule has 1 aliphatic heterocycles. The number of ether oxygens (including phenoxy) is 2. The van der Waals surface area contributed by atoms with E-state index < -0.39 is 41.8 Å². The van der Waals surface area contributed by atoms with Crippen molar-refractivity contribution in [2.45, 2.75) is 24.9 Å². The topological polar surface area (TPSA) is 93.2 Å². The van der Waals surface area contributed by atoms with Crippen LogP contribution in [0.1, 0.15) is 32.7 Å². The molecule has 0 aliphatic carbocycles. The molecule has 2 amide bonds. The minimum atomic E-state index is -1.39. The first-order chi connectivity index (χ1) is 18.0. The lowest BCUT2D eigenvalue weighted by molar-refractivity contribution is -0.155. The first-order valence-electron chi connectivity index (χ1n) is 11.9. The first kappa shape index (κ1) is 25.6. The number of rotatable bonds is 7. The molecule has 0 N–H and O–H groups in total. The summed E-state index contributed by atoms with van der Waals surface area (Å²) in [6.45, 7) is 0. The van der Waals surface area contributed by atoms with Gasteiger partial charge < -0.3 is 9.47 Å². The fourth-order valence-electron chi connectivity index (χ4n) is 4.76. The highest BCUT2D eigenvalue weighted by Gasteiger charge is 2.58. The molecule has 0 saturated carbocycles. The summed E-state index contributed by atoms with van der Waals surface area (Å²) in [5, 5.41) is 2.32. The maximum absolute atomic E-state index is 14.0. The number of methoxy groups -OCH3 is 2. The molecule has 3 aromatic carbocycles. The van der Waals surface area contributed by atoms with Gasteiger partial charge in [-0.15, -0.1) is 0 Å². The number of carbonyl (C=O) groups is 4. The zero-order chi connectivity index (χ0) is 26.4. The van der Waals surface area contributed by atoms with Gasteiger partial charge in [0.05, 0.1) is 20.3 Å². The summed E-state index contributed by atoms with van der Waals surface area (Å²) in [5.74, 6) is -3.78. The third-order valence-corrected chi connectivity index (χ3v) is 6.51. The number of benzene rings is 3.